The fraction of sp³-hybridized carbons (Fsp3) is 0. The molecule has 0 bridgehead atoms. The third-order valence-electron chi connectivity index (χ3n) is 3.22. The van der Waals surface area contributed by atoms with Gasteiger partial charge in [0.25, 0.3) is 0 Å². The summed E-state index contributed by atoms with van der Waals surface area (Å²) in [5.41, 5.74) is 14.1. The molecule has 0 fully saturated rings. The number of aromatic nitrogens is 1. The average Bonchev–Trinajstić information content (AvgIpc) is 2.83. The number of anilines is 2. The minimum Gasteiger partial charge on any atom is -0.399 e. The number of nitrogens with one attached hydrogen (secondary N) is 1. The van der Waals surface area contributed by atoms with E-state index in [2.05, 4.69) is 4.98 Å². The normalized spacial score (nSPS) is 10.8. The van der Waals surface area contributed by atoms with Crippen molar-refractivity contribution in [3.05, 3.63) is 58.7 Å². The number of ketones is 1. The quantitative estimate of drug-likeness (QED) is 0.499. The summed E-state index contributed by atoms with van der Waals surface area (Å²) in [6, 6.07) is 10.3. The molecule has 3 aromatic rings. The second kappa shape index (κ2) is 4.58. The van der Waals surface area contributed by atoms with Gasteiger partial charge in [0.2, 0.25) is 0 Å². The molecule has 20 heavy (non-hydrogen) atoms. The van der Waals surface area contributed by atoms with E-state index in [-0.39, 0.29) is 5.78 Å². The van der Waals surface area contributed by atoms with Crippen molar-refractivity contribution in [3.8, 4) is 0 Å². The van der Waals surface area contributed by atoms with Crippen LogP contribution in [-0.2, 0) is 0 Å². The minimum absolute atomic E-state index is 0.179. The second-order valence-electron chi connectivity index (χ2n) is 4.54. The zero-order valence-electron chi connectivity index (χ0n) is 10.5. The Kier molecular flexibility index (Phi) is 2.88. The van der Waals surface area contributed by atoms with Crippen LogP contribution in [-0.4, -0.2) is 10.8 Å². The molecular weight excluding hydrogens is 274 g/mol. The molecule has 5 heteroatoms. The lowest BCUT2D eigenvalue weighted by molar-refractivity contribution is 0.104. The van der Waals surface area contributed by atoms with E-state index in [4.69, 9.17) is 23.1 Å². The Hall–Kier alpha value is -2.46. The Morgan fingerprint density at radius 1 is 1.10 bits per heavy atom. The highest BCUT2D eigenvalue weighted by atomic mass is 35.5. The van der Waals surface area contributed by atoms with Crippen LogP contribution in [0.3, 0.4) is 0 Å². The highest BCUT2D eigenvalue weighted by molar-refractivity contribution is 6.37. The van der Waals surface area contributed by atoms with E-state index >= 15 is 0 Å². The lowest BCUT2D eigenvalue weighted by Gasteiger charge is -2.05. The van der Waals surface area contributed by atoms with E-state index in [0.29, 0.717) is 32.9 Å². The molecule has 0 saturated heterocycles. The molecule has 3 rings (SSSR count). The van der Waals surface area contributed by atoms with Crippen LogP contribution in [0.4, 0.5) is 11.4 Å². The maximum atomic E-state index is 12.6. The molecule has 2 aromatic carbocycles. The summed E-state index contributed by atoms with van der Waals surface area (Å²) in [5, 5.41) is 1.23. The number of aromatic amines is 1. The lowest BCUT2D eigenvalue weighted by atomic mass is 10.0. The smallest absolute Gasteiger partial charge is 0.197 e. The zero-order valence-corrected chi connectivity index (χ0v) is 11.2. The third kappa shape index (κ3) is 1.90. The van der Waals surface area contributed by atoms with Gasteiger partial charge in [-0.1, -0.05) is 17.7 Å². The van der Waals surface area contributed by atoms with Crippen molar-refractivity contribution in [1.29, 1.82) is 0 Å². The molecule has 0 saturated carbocycles. The SMILES string of the molecule is Nc1ccc(C(=O)c2c[nH]c3cccc(Cl)c23)c(N)c1. The molecule has 0 aliphatic heterocycles. The van der Waals surface area contributed by atoms with E-state index in [1.165, 1.54) is 0 Å². The van der Waals surface area contributed by atoms with Crippen molar-refractivity contribution in [2.24, 2.45) is 0 Å². The van der Waals surface area contributed by atoms with Gasteiger partial charge in [-0.05, 0) is 30.3 Å². The number of hydrogen-bond acceptors (Lipinski definition) is 3. The summed E-state index contributed by atoms with van der Waals surface area (Å²) in [5.74, 6) is -0.179. The van der Waals surface area contributed by atoms with Gasteiger partial charge in [0.1, 0.15) is 0 Å². The van der Waals surface area contributed by atoms with Crippen LogP contribution in [0.5, 0.6) is 0 Å². The number of nitrogen functional groups attached to an aromatic ring is 2. The standard InChI is InChI=1S/C15H12ClN3O/c16-11-2-1-3-13-14(11)10(7-19-13)15(20)9-5-4-8(17)6-12(9)18/h1-7,19H,17-18H2. The topological polar surface area (TPSA) is 84.9 Å². The van der Waals surface area contributed by atoms with Crippen LogP contribution in [0, 0.1) is 0 Å². The highest BCUT2D eigenvalue weighted by Crippen LogP contribution is 2.29. The summed E-state index contributed by atoms with van der Waals surface area (Å²) in [6.07, 6.45) is 1.65. The molecule has 0 radical (unpaired) electrons. The highest BCUT2D eigenvalue weighted by Gasteiger charge is 2.18. The minimum atomic E-state index is -0.179. The van der Waals surface area contributed by atoms with Crippen molar-refractivity contribution >= 4 is 39.7 Å². The van der Waals surface area contributed by atoms with Gasteiger partial charge in [-0.3, -0.25) is 4.79 Å². The van der Waals surface area contributed by atoms with Gasteiger partial charge in [-0.15, -0.1) is 0 Å². The van der Waals surface area contributed by atoms with Gasteiger partial charge < -0.3 is 16.5 Å². The summed E-state index contributed by atoms with van der Waals surface area (Å²) < 4.78 is 0. The van der Waals surface area contributed by atoms with Crippen LogP contribution >= 0.6 is 11.6 Å². The maximum Gasteiger partial charge on any atom is 0.197 e. The predicted octanol–water partition coefficient (Wildman–Crippen LogP) is 3.22. The van der Waals surface area contributed by atoms with Gasteiger partial charge in [-0.25, -0.2) is 0 Å². The average molecular weight is 286 g/mol. The molecule has 0 spiro atoms. The van der Waals surface area contributed by atoms with Crippen LogP contribution in [0.15, 0.2) is 42.6 Å². The molecule has 4 nitrogen and oxygen atoms in total. The fourth-order valence-electron chi connectivity index (χ4n) is 2.25. The Balaban J connectivity index is 2.18. The van der Waals surface area contributed by atoms with Gasteiger partial charge in [0.05, 0.1) is 5.02 Å². The number of rotatable bonds is 2. The largest absolute Gasteiger partial charge is 0.399 e. The third-order valence-corrected chi connectivity index (χ3v) is 3.53. The van der Waals surface area contributed by atoms with E-state index in [1.807, 2.05) is 12.1 Å². The summed E-state index contributed by atoms with van der Waals surface area (Å²) in [4.78, 5) is 15.6. The zero-order chi connectivity index (χ0) is 14.3. The molecular formula is C15H12ClN3O. The van der Waals surface area contributed by atoms with E-state index in [1.54, 1.807) is 30.5 Å². The number of halogens is 1. The Morgan fingerprint density at radius 2 is 1.90 bits per heavy atom. The van der Waals surface area contributed by atoms with Gasteiger partial charge in [0.15, 0.2) is 5.78 Å². The van der Waals surface area contributed by atoms with Crippen molar-refractivity contribution in [3.63, 3.8) is 0 Å². The molecule has 0 amide bonds. The summed E-state index contributed by atoms with van der Waals surface area (Å²) >= 11 is 6.18. The van der Waals surface area contributed by atoms with E-state index in [0.717, 1.165) is 5.52 Å². The number of carbonyl (C=O) groups is 1. The summed E-state index contributed by atoms with van der Waals surface area (Å²) in [7, 11) is 0. The van der Waals surface area contributed by atoms with Crippen molar-refractivity contribution in [2.45, 2.75) is 0 Å². The molecule has 100 valence electrons. The van der Waals surface area contributed by atoms with Crippen LogP contribution < -0.4 is 11.5 Å². The van der Waals surface area contributed by atoms with Crippen LogP contribution in [0.2, 0.25) is 5.02 Å². The Labute approximate surface area is 120 Å². The first-order valence-electron chi connectivity index (χ1n) is 6.03. The number of nitrogens with two attached hydrogens (primary N) is 2. The van der Waals surface area contributed by atoms with Crippen molar-refractivity contribution in [1.82, 2.24) is 4.98 Å². The van der Waals surface area contributed by atoms with E-state index < -0.39 is 0 Å². The molecule has 5 N–H and O–H groups in total. The molecule has 1 aromatic heterocycles. The van der Waals surface area contributed by atoms with E-state index in [9.17, 15) is 4.79 Å². The lowest BCUT2D eigenvalue weighted by Crippen LogP contribution is -2.05. The molecule has 0 aliphatic rings. The molecule has 1 heterocycles. The first-order chi connectivity index (χ1) is 9.58. The number of carbonyl (C=O) groups excluding carboxylic acids is 1. The van der Waals surface area contributed by atoms with Crippen LogP contribution in [0.25, 0.3) is 10.9 Å². The number of fused-ring (bicyclic) bond motifs is 1. The monoisotopic (exact) mass is 285 g/mol. The molecule has 0 aliphatic carbocycles. The fourth-order valence-corrected chi connectivity index (χ4v) is 2.53. The number of hydrogen-bond donors (Lipinski definition) is 3. The first-order valence-corrected chi connectivity index (χ1v) is 6.41. The number of benzene rings is 2. The maximum absolute atomic E-state index is 12.6. The summed E-state index contributed by atoms with van der Waals surface area (Å²) in [6.45, 7) is 0. The van der Waals surface area contributed by atoms with Crippen molar-refractivity contribution in [2.75, 3.05) is 11.5 Å². The predicted molar refractivity (Wildman–Crippen MR) is 82.0 cm³/mol. The molecule has 0 unspecified atom stereocenters. The second-order valence-corrected chi connectivity index (χ2v) is 4.95. The van der Waals surface area contributed by atoms with Crippen LogP contribution in [0.1, 0.15) is 15.9 Å². The van der Waals surface area contributed by atoms with Gasteiger partial charge >= 0.3 is 0 Å². The Bertz CT molecular complexity index is 823. The Morgan fingerprint density at radius 3 is 2.65 bits per heavy atom. The molecule has 0 atom stereocenters. The number of H-pyrrole nitrogens is 1. The van der Waals surface area contributed by atoms with Crippen molar-refractivity contribution < 1.29 is 4.79 Å². The van der Waals surface area contributed by atoms with Gasteiger partial charge in [0, 0.05) is 39.6 Å². The van der Waals surface area contributed by atoms with Gasteiger partial charge in [-0.2, -0.15) is 0 Å². The first kappa shape index (κ1) is 12.6.